The molecule has 1 aliphatic heterocycles. The minimum Gasteiger partial charge on any atom is -0.493 e. The minimum atomic E-state index is -0.586. The van der Waals surface area contributed by atoms with E-state index in [4.69, 9.17) is 21.1 Å². The molecule has 0 unspecified atom stereocenters. The second kappa shape index (κ2) is 10.2. The maximum Gasteiger partial charge on any atom is 0.161 e. The molecule has 1 heterocycles. The summed E-state index contributed by atoms with van der Waals surface area (Å²) in [7, 11) is 1.54. The third-order valence-corrected chi connectivity index (χ3v) is 5.92. The number of carbonyl (C=O) groups is 1. The number of carbonyl (C=O) groups excluding carboxylic acids is 1. The first-order valence-corrected chi connectivity index (χ1v) is 10.6. The van der Waals surface area contributed by atoms with E-state index in [1.54, 1.807) is 18.2 Å². The highest BCUT2D eigenvalue weighted by molar-refractivity contribution is 6.31. The summed E-state index contributed by atoms with van der Waals surface area (Å²) in [5.74, 6) is 0.987. The van der Waals surface area contributed by atoms with Crippen molar-refractivity contribution < 1.29 is 24.3 Å². The lowest BCUT2D eigenvalue weighted by atomic mass is 10.1. The Morgan fingerprint density at radius 3 is 2.57 bits per heavy atom. The molecule has 1 fully saturated rings. The monoisotopic (exact) mass is 433 g/mol. The molecule has 2 N–H and O–H groups in total. The molecule has 7 heteroatoms. The van der Waals surface area contributed by atoms with Gasteiger partial charge in [0.2, 0.25) is 0 Å². The summed E-state index contributed by atoms with van der Waals surface area (Å²) in [5.41, 5.74) is 2.80. The number of ether oxygens (including phenoxy) is 2. The number of aliphatic hydroxyl groups excluding tert-OH is 1. The van der Waals surface area contributed by atoms with Crippen molar-refractivity contribution in [1.82, 2.24) is 0 Å². The van der Waals surface area contributed by atoms with Crippen molar-refractivity contribution in [3.8, 4) is 11.5 Å². The van der Waals surface area contributed by atoms with E-state index in [-0.39, 0.29) is 12.4 Å². The summed E-state index contributed by atoms with van der Waals surface area (Å²) >= 11 is 6.26. The van der Waals surface area contributed by atoms with E-state index < -0.39 is 6.10 Å². The van der Waals surface area contributed by atoms with Gasteiger partial charge in [0.25, 0.3) is 0 Å². The number of aliphatic hydroxyl groups is 1. The van der Waals surface area contributed by atoms with E-state index in [0.29, 0.717) is 23.6 Å². The van der Waals surface area contributed by atoms with Gasteiger partial charge in [0.05, 0.1) is 33.3 Å². The third-order valence-electron chi connectivity index (χ3n) is 5.52. The van der Waals surface area contributed by atoms with Crippen LogP contribution in [0.25, 0.3) is 0 Å². The number of benzene rings is 2. The summed E-state index contributed by atoms with van der Waals surface area (Å²) in [5, 5.41) is 11.2. The van der Waals surface area contributed by atoms with Gasteiger partial charge >= 0.3 is 0 Å². The van der Waals surface area contributed by atoms with Gasteiger partial charge in [0.1, 0.15) is 19.3 Å². The number of rotatable bonds is 8. The molecule has 162 valence electrons. The molecule has 6 nitrogen and oxygen atoms in total. The number of hydrogen-bond donors (Lipinski definition) is 2. The number of nitrogens with zero attached hydrogens (tertiary/aromatic N) is 1. The molecule has 3 rings (SSSR count). The molecule has 0 aliphatic carbocycles. The number of halogens is 1. The fraction of sp³-hybridized carbons (Fsp3) is 0.435. The molecule has 1 atom stereocenters. The zero-order chi connectivity index (χ0) is 21.7. The van der Waals surface area contributed by atoms with Crippen molar-refractivity contribution in [2.45, 2.75) is 20.0 Å². The Balaban J connectivity index is 1.47. The lowest BCUT2D eigenvalue weighted by Gasteiger charge is -2.34. The largest absolute Gasteiger partial charge is 0.493 e. The highest BCUT2D eigenvalue weighted by atomic mass is 35.5. The molecule has 0 spiro atoms. The van der Waals surface area contributed by atoms with Gasteiger partial charge in [-0.1, -0.05) is 17.7 Å². The van der Waals surface area contributed by atoms with Crippen molar-refractivity contribution in [3.05, 3.63) is 52.5 Å². The zero-order valence-corrected chi connectivity index (χ0v) is 18.5. The van der Waals surface area contributed by atoms with Gasteiger partial charge in [-0.2, -0.15) is 0 Å². The van der Waals surface area contributed by atoms with Crippen LogP contribution in [0.5, 0.6) is 11.5 Å². The molecule has 2 aromatic carbocycles. The number of hydrogen-bond acceptors (Lipinski definition) is 5. The lowest BCUT2D eigenvalue weighted by molar-refractivity contribution is -0.903. The van der Waals surface area contributed by atoms with Crippen molar-refractivity contribution in [2.75, 3.05) is 51.3 Å². The smallest absolute Gasteiger partial charge is 0.161 e. The van der Waals surface area contributed by atoms with Crippen molar-refractivity contribution in [1.29, 1.82) is 0 Å². The molecule has 2 aromatic rings. The van der Waals surface area contributed by atoms with Crippen LogP contribution in [0.2, 0.25) is 5.02 Å². The topological polar surface area (TPSA) is 63.4 Å². The highest BCUT2D eigenvalue weighted by Crippen LogP contribution is 2.28. The van der Waals surface area contributed by atoms with Crippen LogP contribution in [0.3, 0.4) is 0 Å². The first-order valence-electron chi connectivity index (χ1n) is 10.2. The fourth-order valence-corrected chi connectivity index (χ4v) is 3.82. The number of anilines is 1. The number of quaternary nitrogens is 1. The third kappa shape index (κ3) is 5.65. The van der Waals surface area contributed by atoms with E-state index in [9.17, 15) is 9.90 Å². The van der Waals surface area contributed by atoms with Crippen LogP contribution in [0, 0.1) is 6.92 Å². The normalized spacial score (nSPS) is 15.7. The molecule has 0 saturated carbocycles. The predicted octanol–water partition coefficient (Wildman–Crippen LogP) is 2.00. The first kappa shape index (κ1) is 22.4. The molecule has 0 radical (unpaired) electrons. The summed E-state index contributed by atoms with van der Waals surface area (Å²) in [6.07, 6.45) is -0.586. The maximum atomic E-state index is 11.5. The summed E-state index contributed by atoms with van der Waals surface area (Å²) < 4.78 is 11.1. The number of ketones is 1. The SMILES string of the molecule is COc1cc(C(C)=O)ccc1OC[C@@H](O)C[NH+]1CCN(c2ccc(C)c(Cl)c2)CC1. The lowest BCUT2D eigenvalue weighted by Crippen LogP contribution is -3.16. The molecular formula is C23H30ClN2O4+. The predicted molar refractivity (Wildman–Crippen MR) is 118 cm³/mol. The van der Waals surface area contributed by atoms with Crippen molar-refractivity contribution >= 4 is 23.1 Å². The number of methoxy groups -OCH3 is 1. The van der Waals surface area contributed by atoms with Gasteiger partial charge in [-0.3, -0.25) is 4.79 Å². The average molecular weight is 434 g/mol. The van der Waals surface area contributed by atoms with E-state index in [1.807, 2.05) is 13.0 Å². The van der Waals surface area contributed by atoms with Crippen molar-refractivity contribution in [2.24, 2.45) is 0 Å². The Kier molecular flexibility index (Phi) is 7.58. The maximum absolute atomic E-state index is 11.5. The molecule has 0 aromatic heterocycles. The molecule has 1 saturated heterocycles. The summed E-state index contributed by atoms with van der Waals surface area (Å²) in [6.45, 7) is 8.04. The van der Waals surface area contributed by atoms with Gasteiger partial charge < -0.3 is 24.4 Å². The van der Waals surface area contributed by atoms with E-state index in [2.05, 4.69) is 17.0 Å². The van der Waals surface area contributed by atoms with Crippen LogP contribution in [0.4, 0.5) is 5.69 Å². The standard InChI is InChI=1S/C23H29ClN2O4/c1-16-4-6-19(13-21(16)24)26-10-8-25(9-11-26)14-20(28)15-30-22-7-5-18(17(2)27)12-23(22)29-3/h4-7,12-13,20,28H,8-11,14-15H2,1-3H3/p+1/t20-/m0/s1. The molecular weight excluding hydrogens is 404 g/mol. The van der Waals surface area contributed by atoms with Crippen LogP contribution < -0.4 is 19.3 Å². The van der Waals surface area contributed by atoms with Gasteiger partial charge in [0.15, 0.2) is 17.3 Å². The summed E-state index contributed by atoms with van der Waals surface area (Å²) in [4.78, 5) is 15.2. The van der Waals surface area contributed by atoms with Gasteiger partial charge in [-0.05, 0) is 49.7 Å². The molecule has 0 bridgehead atoms. The Morgan fingerprint density at radius 2 is 1.93 bits per heavy atom. The Bertz CT molecular complexity index is 882. The Morgan fingerprint density at radius 1 is 1.20 bits per heavy atom. The average Bonchev–Trinajstić information content (AvgIpc) is 2.74. The second-order valence-electron chi connectivity index (χ2n) is 7.76. The van der Waals surface area contributed by atoms with E-state index in [0.717, 1.165) is 42.5 Å². The van der Waals surface area contributed by atoms with E-state index in [1.165, 1.54) is 18.9 Å². The van der Waals surface area contributed by atoms with Gasteiger partial charge in [-0.25, -0.2) is 0 Å². The molecule has 1 aliphatic rings. The fourth-order valence-electron chi connectivity index (χ4n) is 3.65. The highest BCUT2D eigenvalue weighted by Gasteiger charge is 2.23. The van der Waals surface area contributed by atoms with Crippen LogP contribution in [0.1, 0.15) is 22.8 Å². The molecule has 30 heavy (non-hydrogen) atoms. The Labute approximate surface area is 183 Å². The van der Waals surface area contributed by atoms with Crippen molar-refractivity contribution in [3.63, 3.8) is 0 Å². The van der Waals surface area contributed by atoms with Crippen LogP contribution in [0.15, 0.2) is 36.4 Å². The Hall–Kier alpha value is -2.28. The first-order chi connectivity index (χ1) is 14.4. The van der Waals surface area contributed by atoms with Gasteiger partial charge in [0, 0.05) is 16.3 Å². The zero-order valence-electron chi connectivity index (χ0n) is 17.8. The van der Waals surface area contributed by atoms with Crippen LogP contribution in [-0.4, -0.2) is 63.4 Å². The van der Waals surface area contributed by atoms with E-state index >= 15 is 0 Å². The van der Waals surface area contributed by atoms with Crippen LogP contribution in [-0.2, 0) is 0 Å². The second-order valence-corrected chi connectivity index (χ2v) is 8.17. The number of Topliss-reactive ketones (excluding diaryl/α,β-unsaturated/α-hetero) is 1. The number of aryl methyl sites for hydroxylation is 1. The van der Waals surface area contributed by atoms with Gasteiger partial charge in [-0.15, -0.1) is 0 Å². The minimum absolute atomic E-state index is 0.0319. The number of nitrogens with one attached hydrogen (secondary N) is 1. The van der Waals surface area contributed by atoms with Crippen LogP contribution >= 0.6 is 11.6 Å². The summed E-state index contributed by atoms with van der Waals surface area (Å²) in [6, 6.07) is 11.3. The quantitative estimate of drug-likeness (QED) is 0.623. The molecule has 0 amide bonds. The number of piperazine rings is 1.